The molecule has 8 nitrogen and oxygen atoms in total. The van der Waals surface area contributed by atoms with Gasteiger partial charge in [0.1, 0.15) is 6.54 Å². The Bertz CT molecular complexity index is 625. The lowest BCUT2D eigenvalue weighted by Gasteiger charge is -2.17. The summed E-state index contributed by atoms with van der Waals surface area (Å²) in [5.74, 6) is -1.49. The molecule has 8 heteroatoms. The minimum atomic E-state index is -0.714. The van der Waals surface area contributed by atoms with Crippen LogP contribution in [0.5, 0.6) is 0 Å². The first kappa shape index (κ1) is 30.9. The number of nitrogens with zero attached hydrogens (tertiary/aromatic N) is 2. The lowest BCUT2D eigenvalue weighted by Crippen LogP contribution is -2.34. The van der Waals surface area contributed by atoms with Crippen LogP contribution in [-0.2, 0) is 14.4 Å². The van der Waals surface area contributed by atoms with Crippen LogP contribution in [0.3, 0.4) is 0 Å². The van der Waals surface area contributed by atoms with Gasteiger partial charge in [-0.2, -0.15) is 0 Å². The molecule has 0 aromatic heterocycles. The standard InChI is InChI=1S/C27H48N2O6/c30-24-23-28(21-17-13-9-5-1-3-7-11-15-19-25(31)32)27(35)29(24)22-18-14-10-6-2-4-8-12-16-20-26(33)34/h1-23H2,(H,31,32)(H,33,34). The van der Waals surface area contributed by atoms with Gasteiger partial charge in [-0.3, -0.25) is 19.3 Å². The molecule has 0 unspecified atom stereocenters. The highest BCUT2D eigenvalue weighted by Crippen LogP contribution is 2.16. The quantitative estimate of drug-likeness (QED) is 0.121. The zero-order valence-corrected chi connectivity index (χ0v) is 21.7. The first-order chi connectivity index (χ1) is 16.9. The molecule has 0 atom stereocenters. The highest BCUT2D eigenvalue weighted by Gasteiger charge is 2.34. The molecule has 1 fully saturated rings. The second kappa shape index (κ2) is 20.1. The molecule has 3 amide bonds. The van der Waals surface area contributed by atoms with E-state index in [1.54, 1.807) is 4.90 Å². The maximum absolute atomic E-state index is 12.5. The van der Waals surface area contributed by atoms with Crippen LogP contribution in [-0.4, -0.2) is 63.5 Å². The Kier molecular flexibility index (Phi) is 17.8. The van der Waals surface area contributed by atoms with Crippen molar-refractivity contribution < 1.29 is 29.4 Å². The van der Waals surface area contributed by atoms with Crippen molar-refractivity contribution in [2.24, 2.45) is 0 Å². The van der Waals surface area contributed by atoms with Crippen LogP contribution in [0.25, 0.3) is 0 Å². The fraction of sp³-hybridized carbons (Fsp3) is 0.852. The van der Waals surface area contributed by atoms with E-state index in [0.29, 0.717) is 13.1 Å². The number of unbranched alkanes of at least 4 members (excludes halogenated alkanes) is 16. The number of urea groups is 1. The molecule has 0 radical (unpaired) electrons. The first-order valence-electron chi connectivity index (χ1n) is 13.9. The molecule has 0 aromatic carbocycles. The van der Waals surface area contributed by atoms with Gasteiger partial charge in [-0.15, -0.1) is 0 Å². The van der Waals surface area contributed by atoms with E-state index in [4.69, 9.17) is 10.2 Å². The van der Waals surface area contributed by atoms with Gasteiger partial charge in [0.15, 0.2) is 0 Å². The van der Waals surface area contributed by atoms with Gasteiger partial charge in [-0.1, -0.05) is 89.9 Å². The van der Waals surface area contributed by atoms with Gasteiger partial charge in [0, 0.05) is 25.9 Å². The first-order valence-corrected chi connectivity index (χ1v) is 13.9. The third-order valence-corrected chi connectivity index (χ3v) is 6.72. The molecule has 202 valence electrons. The second-order valence-corrected chi connectivity index (χ2v) is 9.90. The number of hydrogen-bond acceptors (Lipinski definition) is 4. The number of carboxylic acid groups (broad SMARTS) is 2. The summed E-state index contributed by atoms with van der Waals surface area (Å²) in [4.78, 5) is 48.8. The Morgan fingerprint density at radius 2 is 0.886 bits per heavy atom. The van der Waals surface area contributed by atoms with E-state index in [2.05, 4.69) is 0 Å². The number of rotatable bonds is 24. The van der Waals surface area contributed by atoms with Gasteiger partial charge in [-0.05, 0) is 25.7 Å². The lowest BCUT2D eigenvalue weighted by molar-refractivity contribution is -0.138. The molecule has 1 aliphatic heterocycles. The summed E-state index contributed by atoms with van der Waals surface area (Å²) < 4.78 is 0. The maximum atomic E-state index is 12.5. The summed E-state index contributed by atoms with van der Waals surface area (Å²) in [6.07, 6.45) is 19.3. The normalized spacial score (nSPS) is 13.7. The van der Waals surface area contributed by atoms with Crippen molar-refractivity contribution in [3.05, 3.63) is 0 Å². The predicted octanol–water partition coefficient (Wildman–Crippen LogP) is 6.22. The number of aliphatic carboxylic acids is 2. The fourth-order valence-electron chi connectivity index (χ4n) is 4.59. The van der Waals surface area contributed by atoms with E-state index in [9.17, 15) is 19.2 Å². The molecule has 2 N–H and O–H groups in total. The van der Waals surface area contributed by atoms with Crippen molar-refractivity contribution in [3.63, 3.8) is 0 Å². The minimum absolute atomic E-state index is 0.0701. The van der Waals surface area contributed by atoms with Gasteiger partial charge in [0.25, 0.3) is 0 Å². The topological polar surface area (TPSA) is 115 Å². The Labute approximate surface area is 211 Å². The van der Waals surface area contributed by atoms with E-state index in [1.165, 1.54) is 17.7 Å². The molecule has 0 aromatic rings. The van der Waals surface area contributed by atoms with Gasteiger partial charge in [0.2, 0.25) is 5.91 Å². The molecule has 1 rings (SSSR count). The molecule has 0 spiro atoms. The van der Waals surface area contributed by atoms with Crippen LogP contribution in [0.15, 0.2) is 0 Å². The van der Waals surface area contributed by atoms with E-state index in [0.717, 1.165) is 103 Å². The molecule has 1 aliphatic rings. The van der Waals surface area contributed by atoms with E-state index in [1.807, 2.05) is 0 Å². The zero-order valence-electron chi connectivity index (χ0n) is 21.7. The van der Waals surface area contributed by atoms with Gasteiger partial charge in [0.05, 0.1) is 0 Å². The van der Waals surface area contributed by atoms with Crippen LogP contribution >= 0.6 is 0 Å². The Hall–Kier alpha value is -2.12. The summed E-state index contributed by atoms with van der Waals surface area (Å²) in [5, 5.41) is 17.2. The summed E-state index contributed by atoms with van der Waals surface area (Å²) >= 11 is 0. The molecular formula is C27H48N2O6. The number of carbonyl (C=O) groups excluding carboxylic acids is 2. The van der Waals surface area contributed by atoms with Crippen LogP contribution in [0.2, 0.25) is 0 Å². The van der Waals surface area contributed by atoms with Gasteiger partial charge < -0.3 is 15.1 Å². The number of hydrogen-bond donors (Lipinski definition) is 2. The second-order valence-electron chi connectivity index (χ2n) is 9.90. The highest BCUT2D eigenvalue weighted by molar-refractivity contribution is 6.01. The average molecular weight is 497 g/mol. The summed E-state index contributed by atoms with van der Waals surface area (Å²) in [5.41, 5.74) is 0. The third-order valence-electron chi connectivity index (χ3n) is 6.72. The highest BCUT2D eigenvalue weighted by atomic mass is 16.4. The smallest absolute Gasteiger partial charge is 0.327 e. The number of amides is 3. The molecular weight excluding hydrogens is 448 g/mol. The molecule has 0 bridgehead atoms. The van der Waals surface area contributed by atoms with Gasteiger partial charge >= 0.3 is 18.0 Å². The van der Waals surface area contributed by atoms with Crippen LogP contribution in [0, 0.1) is 0 Å². The molecule has 0 aliphatic carbocycles. The fourth-order valence-corrected chi connectivity index (χ4v) is 4.59. The van der Waals surface area contributed by atoms with Crippen molar-refractivity contribution in [1.29, 1.82) is 0 Å². The van der Waals surface area contributed by atoms with Crippen molar-refractivity contribution in [2.45, 2.75) is 128 Å². The molecule has 35 heavy (non-hydrogen) atoms. The minimum Gasteiger partial charge on any atom is -0.481 e. The number of carboxylic acids is 2. The van der Waals surface area contributed by atoms with E-state index in [-0.39, 0.29) is 31.3 Å². The van der Waals surface area contributed by atoms with Gasteiger partial charge in [-0.25, -0.2) is 4.79 Å². The van der Waals surface area contributed by atoms with Crippen LogP contribution < -0.4 is 0 Å². The van der Waals surface area contributed by atoms with Crippen LogP contribution in [0.4, 0.5) is 4.79 Å². The number of imide groups is 1. The lowest BCUT2D eigenvalue weighted by atomic mass is 10.1. The maximum Gasteiger partial charge on any atom is 0.327 e. The molecule has 0 saturated carbocycles. The summed E-state index contributed by atoms with van der Waals surface area (Å²) in [7, 11) is 0. The Morgan fingerprint density at radius 3 is 1.29 bits per heavy atom. The van der Waals surface area contributed by atoms with Crippen molar-refractivity contribution in [3.8, 4) is 0 Å². The van der Waals surface area contributed by atoms with Crippen molar-refractivity contribution >= 4 is 23.9 Å². The SMILES string of the molecule is O=C(O)CCCCCCCCCCCN1CC(=O)N(CCCCCCCCCCCC(=O)O)C1=O. The van der Waals surface area contributed by atoms with E-state index >= 15 is 0 Å². The van der Waals surface area contributed by atoms with Crippen molar-refractivity contribution in [1.82, 2.24) is 9.80 Å². The Morgan fingerprint density at radius 1 is 0.543 bits per heavy atom. The average Bonchev–Trinajstić information content (AvgIpc) is 3.07. The van der Waals surface area contributed by atoms with Crippen molar-refractivity contribution in [2.75, 3.05) is 19.6 Å². The molecule has 1 heterocycles. The summed E-state index contributed by atoms with van der Waals surface area (Å²) in [6.45, 7) is 1.40. The van der Waals surface area contributed by atoms with Crippen LogP contribution in [0.1, 0.15) is 128 Å². The predicted molar refractivity (Wildman–Crippen MR) is 136 cm³/mol. The molecule has 1 saturated heterocycles. The monoisotopic (exact) mass is 496 g/mol. The third kappa shape index (κ3) is 16.2. The largest absolute Gasteiger partial charge is 0.481 e. The van der Waals surface area contributed by atoms with E-state index < -0.39 is 11.9 Å². The summed E-state index contributed by atoms with van der Waals surface area (Å²) in [6, 6.07) is -0.127. The number of carbonyl (C=O) groups is 4. The Balaban J connectivity index is 1.96. The zero-order chi connectivity index (χ0) is 25.7.